The third-order valence-electron chi connectivity index (χ3n) is 5.59. The number of ketones is 1. The van der Waals surface area contributed by atoms with Crippen molar-refractivity contribution >= 4 is 17.4 Å². The molecule has 0 radical (unpaired) electrons. The van der Waals surface area contributed by atoms with E-state index in [1.165, 1.54) is 11.2 Å². The number of carbonyl (C=O) groups excluding carboxylic acids is 2. The molecule has 0 spiro atoms. The van der Waals surface area contributed by atoms with Crippen LogP contribution in [0.5, 0.6) is 11.5 Å². The summed E-state index contributed by atoms with van der Waals surface area (Å²) in [4.78, 5) is 27.7. The van der Waals surface area contributed by atoms with Gasteiger partial charge in [-0.15, -0.1) is 0 Å². The second-order valence-corrected chi connectivity index (χ2v) is 8.05. The summed E-state index contributed by atoms with van der Waals surface area (Å²) in [6.45, 7) is 6.63. The van der Waals surface area contributed by atoms with E-state index in [-0.39, 0.29) is 17.9 Å². The van der Waals surface area contributed by atoms with Gasteiger partial charge in [-0.05, 0) is 60.5 Å². The molecule has 1 atom stereocenters. The third kappa shape index (κ3) is 5.14. The Hall–Kier alpha value is -4.26. The van der Waals surface area contributed by atoms with Crippen molar-refractivity contribution in [3.8, 4) is 11.5 Å². The van der Waals surface area contributed by atoms with Crippen LogP contribution in [0.1, 0.15) is 36.3 Å². The van der Waals surface area contributed by atoms with Gasteiger partial charge < -0.3 is 23.9 Å². The van der Waals surface area contributed by atoms with Crippen LogP contribution in [0.2, 0.25) is 0 Å². The summed E-state index contributed by atoms with van der Waals surface area (Å²) in [6.07, 6.45) is 4.01. The van der Waals surface area contributed by atoms with Gasteiger partial charge in [-0.25, -0.2) is 0 Å². The van der Waals surface area contributed by atoms with E-state index < -0.39 is 17.7 Å². The molecule has 1 saturated heterocycles. The topological polar surface area (TPSA) is 89.2 Å². The zero-order chi connectivity index (χ0) is 24.8. The molecule has 0 saturated carbocycles. The van der Waals surface area contributed by atoms with Crippen LogP contribution in [-0.4, -0.2) is 34.9 Å². The number of likely N-dealkylation sites (tertiary alicyclic amines) is 1. The predicted molar refractivity (Wildman–Crippen MR) is 131 cm³/mol. The lowest BCUT2D eigenvalue weighted by molar-refractivity contribution is -0.140. The second-order valence-electron chi connectivity index (χ2n) is 8.05. The molecule has 7 nitrogen and oxygen atoms in total. The fourth-order valence-electron chi connectivity index (χ4n) is 3.97. The molecule has 1 N–H and O–H groups in total. The van der Waals surface area contributed by atoms with E-state index >= 15 is 0 Å². The van der Waals surface area contributed by atoms with Crippen molar-refractivity contribution in [3.05, 3.63) is 102 Å². The van der Waals surface area contributed by atoms with Gasteiger partial charge in [-0.3, -0.25) is 9.59 Å². The lowest BCUT2D eigenvalue weighted by atomic mass is 9.95. The number of benzene rings is 2. The molecule has 7 heteroatoms. The Labute approximate surface area is 203 Å². The van der Waals surface area contributed by atoms with Crippen LogP contribution in [0.3, 0.4) is 0 Å². The number of carbonyl (C=O) groups is 2. The minimum Gasteiger partial charge on any atom is -0.507 e. The van der Waals surface area contributed by atoms with Crippen molar-refractivity contribution in [1.29, 1.82) is 0 Å². The summed E-state index contributed by atoms with van der Waals surface area (Å²) >= 11 is 0. The molecule has 3 aromatic rings. The van der Waals surface area contributed by atoms with E-state index in [0.29, 0.717) is 41.6 Å². The van der Waals surface area contributed by atoms with Crippen LogP contribution in [0.25, 0.3) is 5.76 Å². The van der Waals surface area contributed by atoms with E-state index in [9.17, 15) is 14.7 Å². The van der Waals surface area contributed by atoms with Crippen molar-refractivity contribution in [3.63, 3.8) is 0 Å². The highest BCUT2D eigenvalue weighted by Gasteiger charge is 2.46. The Balaban J connectivity index is 1.78. The number of amides is 1. The van der Waals surface area contributed by atoms with Gasteiger partial charge in [0.05, 0.1) is 31.0 Å². The molecule has 4 rings (SSSR count). The van der Waals surface area contributed by atoms with Crippen molar-refractivity contribution in [2.45, 2.75) is 25.9 Å². The number of aliphatic hydroxyl groups excluding tert-OH is 1. The second kappa shape index (κ2) is 10.8. The first-order valence-corrected chi connectivity index (χ1v) is 11.4. The van der Waals surface area contributed by atoms with Gasteiger partial charge in [-0.2, -0.15) is 0 Å². The highest BCUT2D eigenvalue weighted by Crippen LogP contribution is 2.41. The quantitative estimate of drug-likeness (QED) is 0.187. The van der Waals surface area contributed by atoms with Crippen LogP contribution in [0.15, 0.2) is 89.6 Å². The average molecular weight is 474 g/mol. The van der Waals surface area contributed by atoms with Gasteiger partial charge in [0.15, 0.2) is 0 Å². The van der Waals surface area contributed by atoms with Gasteiger partial charge in [-0.1, -0.05) is 31.7 Å². The highest BCUT2D eigenvalue weighted by atomic mass is 16.5. The summed E-state index contributed by atoms with van der Waals surface area (Å²) in [5, 5.41) is 11.2. The smallest absolute Gasteiger partial charge is 0.296 e. The molecule has 1 amide bonds. The number of furan rings is 1. The average Bonchev–Trinajstić information content (AvgIpc) is 3.48. The molecule has 35 heavy (non-hydrogen) atoms. The third-order valence-corrected chi connectivity index (χ3v) is 5.59. The molecule has 0 aliphatic carbocycles. The molecule has 180 valence electrons. The molecule has 1 fully saturated rings. The molecular formula is C28H27NO6. The normalized spacial score (nSPS) is 16.9. The molecule has 0 bridgehead atoms. The van der Waals surface area contributed by atoms with Gasteiger partial charge in [0.1, 0.15) is 29.6 Å². The minimum atomic E-state index is -0.830. The van der Waals surface area contributed by atoms with E-state index in [1.54, 1.807) is 66.7 Å². The van der Waals surface area contributed by atoms with Crippen LogP contribution in [0, 0.1) is 0 Å². The van der Waals surface area contributed by atoms with E-state index in [1.807, 2.05) is 6.92 Å². The molecule has 1 unspecified atom stereocenters. The monoisotopic (exact) mass is 473 g/mol. The molecule has 2 aromatic carbocycles. The molecule has 1 aliphatic rings. The Morgan fingerprint density at radius 1 is 1.09 bits per heavy atom. The van der Waals surface area contributed by atoms with Crippen LogP contribution in [0.4, 0.5) is 0 Å². The van der Waals surface area contributed by atoms with E-state index in [0.717, 1.165) is 6.42 Å². The van der Waals surface area contributed by atoms with Gasteiger partial charge in [0.2, 0.25) is 0 Å². The number of hydrogen-bond acceptors (Lipinski definition) is 6. The van der Waals surface area contributed by atoms with Gasteiger partial charge in [0.25, 0.3) is 11.7 Å². The largest absolute Gasteiger partial charge is 0.507 e. The summed E-state index contributed by atoms with van der Waals surface area (Å²) < 4.78 is 16.7. The fraction of sp³-hybridized carbons (Fsp3) is 0.214. The van der Waals surface area contributed by atoms with E-state index in [2.05, 4.69) is 6.58 Å². The molecule has 2 heterocycles. The van der Waals surface area contributed by atoms with Crippen LogP contribution >= 0.6 is 0 Å². The summed E-state index contributed by atoms with van der Waals surface area (Å²) in [5.41, 5.74) is 1.04. The fourth-order valence-corrected chi connectivity index (χ4v) is 3.97. The zero-order valence-corrected chi connectivity index (χ0v) is 19.5. The first-order valence-electron chi connectivity index (χ1n) is 11.4. The number of aliphatic hydroxyl groups is 1. The first-order chi connectivity index (χ1) is 17.0. The summed E-state index contributed by atoms with van der Waals surface area (Å²) in [5.74, 6) is 0.00729. The molecule has 1 aromatic heterocycles. The Morgan fingerprint density at radius 3 is 2.57 bits per heavy atom. The van der Waals surface area contributed by atoms with Crippen LogP contribution in [-0.2, 0) is 16.1 Å². The van der Waals surface area contributed by atoms with Crippen LogP contribution < -0.4 is 9.47 Å². The highest BCUT2D eigenvalue weighted by molar-refractivity contribution is 6.46. The summed E-state index contributed by atoms with van der Waals surface area (Å²) in [7, 11) is 0. The maximum absolute atomic E-state index is 13.2. The summed E-state index contributed by atoms with van der Waals surface area (Å²) in [6, 6.07) is 16.5. The van der Waals surface area contributed by atoms with Crippen molar-refractivity contribution in [1.82, 2.24) is 4.90 Å². The van der Waals surface area contributed by atoms with Crippen molar-refractivity contribution < 1.29 is 28.6 Å². The Morgan fingerprint density at radius 2 is 1.89 bits per heavy atom. The molecular weight excluding hydrogens is 446 g/mol. The Bertz CT molecular complexity index is 1230. The zero-order valence-electron chi connectivity index (χ0n) is 19.5. The van der Waals surface area contributed by atoms with E-state index in [4.69, 9.17) is 13.9 Å². The lowest BCUT2D eigenvalue weighted by Gasteiger charge is -2.25. The van der Waals surface area contributed by atoms with Gasteiger partial charge in [0, 0.05) is 5.56 Å². The van der Waals surface area contributed by atoms with Crippen molar-refractivity contribution in [2.24, 2.45) is 0 Å². The maximum Gasteiger partial charge on any atom is 0.296 e. The Kier molecular flexibility index (Phi) is 7.35. The number of nitrogens with zero attached hydrogens (tertiary/aromatic N) is 1. The number of ether oxygens (including phenoxy) is 2. The predicted octanol–water partition coefficient (Wildman–Crippen LogP) is 5.26. The molecule has 1 aliphatic heterocycles. The maximum atomic E-state index is 13.2. The van der Waals surface area contributed by atoms with Gasteiger partial charge >= 0.3 is 0 Å². The minimum absolute atomic E-state index is 0.00431. The number of Topliss-reactive ketones (excluding diaryl/α,β-unsaturated/α-hetero) is 1. The SMILES string of the molecule is C=CCOc1cccc(C2C(=C(O)c3ccc(OCCC)cc3)C(=O)C(=O)N2Cc2ccco2)c1. The van der Waals surface area contributed by atoms with Crippen molar-refractivity contribution in [2.75, 3.05) is 13.2 Å². The standard InChI is InChI=1S/C28H27NO6/c1-3-14-33-21-12-10-19(11-13-21)26(30)24-25(20-7-5-8-22(17-20)34-15-4-2)29(28(32)27(24)31)18-23-9-6-16-35-23/h4-13,16-17,25,30H,2-3,14-15,18H2,1H3. The lowest BCUT2D eigenvalue weighted by Crippen LogP contribution is -2.29. The number of rotatable bonds is 10. The number of hydrogen-bond donors (Lipinski definition) is 1. The first kappa shape index (κ1) is 23.9.